The van der Waals surface area contributed by atoms with Gasteiger partial charge in [-0.05, 0) is 38.3 Å². The number of aliphatic imine (C=N–C) groups is 1. The van der Waals surface area contributed by atoms with Crippen LogP contribution in [0.2, 0.25) is 0 Å². The number of hydrogen-bond acceptors (Lipinski definition) is 6. The van der Waals surface area contributed by atoms with Gasteiger partial charge in [0.25, 0.3) is 5.56 Å². The van der Waals surface area contributed by atoms with Crippen molar-refractivity contribution < 1.29 is 4.74 Å². The summed E-state index contributed by atoms with van der Waals surface area (Å²) in [5.74, 6) is 7.34. The average molecular weight is 445 g/mol. The predicted octanol–water partition coefficient (Wildman–Crippen LogP) is 2.72. The number of piperidine rings is 1. The molecule has 1 aromatic carbocycles. The maximum Gasteiger partial charge on any atom is 0.277 e. The number of aryl methyl sites for hydroxylation is 1. The van der Waals surface area contributed by atoms with E-state index in [1.807, 2.05) is 42.0 Å². The zero-order valence-corrected chi connectivity index (χ0v) is 19.0. The Bertz CT molecular complexity index is 1360. The lowest BCUT2D eigenvalue weighted by Crippen LogP contribution is -2.44. The van der Waals surface area contributed by atoms with Crippen molar-refractivity contribution in [2.75, 3.05) is 18.0 Å². The molecule has 2 aliphatic heterocycles. The Balaban J connectivity index is 1.59. The quantitative estimate of drug-likeness (QED) is 0.625. The molecule has 0 amide bonds. The van der Waals surface area contributed by atoms with Crippen LogP contribution in [0.5, 0.6) is 0 Å². The first-order valence-corrected chi connectivity index (χ1v) is 11.3. The summed E-state index contributed by atoms with van der Waals surface area (Å²) >= 11 is 0. The number of hydrogen-bond donors (Lipinski definition) is 1. The number of para-hydroxylation sites is 1. The predicted molar refractivity (Wildman–Crippen MR) is 130 cm³/mol. The fourth-order valence-electron chi connectivity index (χ4n) is 4.58. The number of rotatable bonds is 4. The zero-order chi connectivity index (χ0) is 22.9. The molecule has 3 aromatic rings. The van der Waals surface area contributed by atoms with Gasteiger partial charge >= 0.3 is 0 Å². The molecule has 0 radical (unpaired) electrons. The summed E-state index contributed by atoms with van der Waals surface area (Å²) in [5.41, 5.74) is 10.2. The van der Waals surface area contributed by atoms with E-state index in [0.29, 0.717) is 30.1 Å². The molecule has 0 bridgehead atoms. The van der Waals surface area contributed by atoms with Crippen molar-refractivity contribution in [2.45, 2.75) is 52.4 Å². The fourth-order valence-corrected chi connectivity index (χ4v) is 4.58. The topological polar surface area (TPSA) is 90.7 Å². The summed E-state index contributed by atoms with van der Waals surface area (Å²) in [5, 5.41) is 0. The van der Waals surface area contributed by atoms with Crippen LogP contribution >= 0.6 is 0 Å². The molecular weight excluding hydrogens is 416 g/mol. The Kier molecular flexibility index (Phi) is 5.65. The van der Waals surface area contributed by atoms with Crippen LogP contribution in [0.25, 0.3) is 11.0 Å². The molecule has 8 heteroatoms. The van der Waals surface area contributed by atoms with E-state index in [1.165, 1.54) is 0 Å². The van der Waals surface area contributed by atoms with Crippen molar-refractivity contribution in [2.24, 2.45) is 10.7 Å². The second-order valence-corrected chi connectivity index (χ2v) is 8.64. The Morgan fingerprint density at radius 1 is 1.30 bits per heavy atom. The number of anilines is 1. The van der Waals surface area contributed by atoms with Crippen molar-refractivity contribution in [1.29, 1.82) is 0 Å². The molecule has 33 heavy (non-hydrogen) atoms. The number of benzene rings is 1. The maximum absolute atomic E-state index is 13.6. The zero-order valence-electron chi connectivity index (χ0n) is 19.0. The van der Waals surface area contributed by atoms with Crippen LogP contribution in [-0.2, 0) is 24.4 Å². The van der Waals surface area contributed by atoms with E-state index in [4.69, 9.17) is 15.5 Å². The van der Waals surface area contributed by atoms with Crippen molar-refractivity contribution in [3.63, 3.8) is 0 Å². The van der Waals surface area contributed by atoms with E-state index >= 15 is 0 Å². The molecule has 0 saturated carbocycles. The lowest BCUT2D eigenvalue weighted by molar-refractivity contribution is 0.274. The SMILES string of the molecule is CC#CCn1c(N2CCCC(N)C2)nc2c(C)cn(CC3=Nc4ccccc4CO3)c(=O)c21. The molecule has 4 heterocycles. The summed E-state index contributed by atoms with van der Waals surface area (Å²) in [6.45, 7) is 6.49. The second-order valence-electron chi connectivity index (χ2n) is 8.64. The Morgan fingerprint density at radius 2 is 2.15 bits per heavy atom. The highest BCUT2D eigenvalue weighted by atomic mass is 16.5. The van der Waals surface area contributed by atoms with Gasteiger partial charge in [0.2, 0.25) is 11.8 Å². The monoisotopic (exact) mass is 444 g/mol. The van der Waals surface area contributed by atoms with Gasteiger partial charge in [-0.1, -0.05) is 24.1 Å². The third-order valence-electron chi connectivity index (χ3n) is 6.23. The van der Waals surface area contributed by atoms with E-state index in [1.54, 1.807) is 11.5 Å². The molecule has 5 rings (SSSR count). The summed E-state index contributed by atoms with van der Waals surface area (Å²) in [4.78, 5) is 25.3. The first kappa shape index (κ1) is 21.3. The van der Waals surface area contributed by atoms with Gasteiger partial charge in [-0.25, -0.2) is 9.98 Å². The van der Waals surface area contributed by atoms with E-state index in [-0.39, 0.29) is 18.1 Å². The fraction of sp³-hybridized carbons (Fsp3) is 0.400. The Morgan fingerprint density at radius 3 is 2.97 bits per heavy atom. The van der Waals surface area contributed by atoms with Gasteiger partial charge in [-0.3, -0.25) is 9.36 Å². The number of nitrogens with zero attached hydrogens (tertiary/aromatic N) is 5. The Labute approximate surface area is 192 Å². The molecule has 8 nitrogen and oxygen atoms in total. The smallest absolute Gasteiger partial charge is 0.277 e. The van der Waals surface area contributed by atoms with Crippen LogP contribution in [0, 0.1) is 18.8 Å². The van der Waals surface area contributed by atoms with Crippen LogP contribution in [0.4, 0.5) is 11.6 Å². The summed E-state index contributed by atoms with van der Waals surface area (Å²) in [6.07, 6.45) is 3.85. The van der Waals surface area contributed by atoms with Crippen LogP contribution in [0.15, 0.2) is 40.2 Å². The highest BCUT2D eigenvalue weighted by molar-refractivity contribution is 5.84. The normalized spacial score (nSPS) is 17.7. The lowest BCUT2D eigenvalue weighted by Gasteiger charge is -2.31. The minimum absolute atomic E-state index is 0.103. The third kappa shape index (κ3) is 4.00. The first-order valence-electron chi connectivity index (χ1n) is 11.3. The van der Waals surface area contributed by atoms with Crippen molar-refractivity contribution in [3.05, 3.63) is 51.9 Å². The Hall–Kier alpha value is -3.57. The minimum Gasteiger partial charge on any atom is -0.474 e. The number of ether oxygens (including phenoxy) is 1. The molecule has 170 valence electrons. The molecule has 2 aromatic heterocycles. The van der Waals surface area contributed by atoms with E-state index in [9.17, 15) is 4.79 Å². The molecule has 0 spiro atoms. The second kappa shape index (κ2) is 8.75. The minimum atomic E-state index is -0.126. The van der Waals surface area contributed by atoms with Crippen LogP contribution in [-0.4, -0.2) is 39.1 Å². The van der Waals surface area contributed by atoms with Gasteiger partial charge in [0, 0.05) is 30.9 Å². The van der Waals surface area contributed by atoms with Crippen LogP contribution < -0.4 is 16.2 Å². The largest absolute Gasteiger partial charge is 0.474 e. The van der Waals surface area contributed by atoms with E-state index in [2.05, 4.69) is 21.7 Å². The molecule has 2 aliphatic rings. The lowest BCUT2D eigenvalue weighted by atomic mass is 10.1. The number of aromatic nitrogens is 3. The average Bonchev–Trinajstić information content (AvgIpc) is 3.21. The highest BCUT2D eigenvalue weighted by Crippen LogP contribution is 2.26. The van der Waals surface area contributed by atoms with Crippen molar-refractivity contribution in [3.8, 4) is 11.8 Å². The number of imidazole rings is 1. The number of nitrogens with two attached hydrogens (primary N) is 1. The molecule has 0 aliphatic carbocycles. The molecule has 2 N–H and O–H groups in total. The highest BCUT2D eigenvalue weighted by Gasteiger charge is 2.25. The van der Waals surface area contributed by atoms with Gasteiger partial charge in [-0.15, -0.1) is 5.92 Å². The van der Waals surface area contributed by atoms with Crippen LogP contribution in [0.3, 0.4) is 0 Å². The summed E-state index contributed by atoms with van der Waals surface area (Å²) < 4.78 is 9.45. The third-order valence-corrected chi connectivity index (χ3v) is 6.23. The molecule has 1 fully saturated rings. The van der Waals surface area contributed by atoms with Gasteiger partial charge < -0.3 is 19.9 Å². The molecule has 1 atom stereocenters. The number of pyridine rings is 1. The van der Waals surface area contributed by atoms with E-state index < -0.39 is 0 Å². The number of fused-ring (bicyclic) bond motifs is 2. The van der Waals surface area contributed by atoms with Gasteiger partial charge in [0.05, 0.1) is 12.2 Å². The van der Waals surface area contributed by atoms with Gasteiger partial charge in [-0.2, -0.15) is 0 Å². The van der Waals surface area contributed by atoms with Crippen LogP contribution in [0.1, 0.15) is 30.9 Å². The van der Waals surface area contributed by atoms with Crippen molar-refractivity contribution in [1.82, 2.24) is 14.1 Å². The van der Waals surface area contributed by atoms with Crippen molar-refractivity contribution >= 4 is 28.6 Å². The first-order chi connectivity index (χ1) is 16.0. The molecule has 1 saturated heterocycles. The van der Waals surface area contributed by atoms with Gasteiger partial charge in [0.15, 0.2) is 0 Å². The van der Waals surface area contributed by atoms with Gasteiger partial charge in [0.1, 0.15) is 24.2 Å². The summed E-state index contributed by atoms with van der Waals surface area (Å²) in [6, 6.07) is 7.99. The maximum atomic E-state index is 13.6. The standard InChI is InChI=1S/C25H28N6O2/c1-3-4-12-31-23-22(28-25(31)29-11-7-9-19(26)14-29)17(2)13-30(24(23)32)15-21-27-20-10-6-5-8-18(20)16-33-21/h5-6,8,10,13,19H,7,9,11-12,14-16,26H2,1-2H3. The molecule has 1 unspecified atom stereocenters. The molecular formula is C25H28N6O2. The summed E-state index contributed by atoms with van der Waals surface area (Å²) in [7, 11) is 0. The van der Waals surface area contributed by atoms with E-state index in [0.717, 1.165) is 48.7 Å².